The third-order valence-corrected chi connectivity index (χ3v) is 5.04. The Kier molecular flexibility index (Phi) is 5.69. The summed E-state index contributed by atoms with van der Waals surface area (Å²) < 4.78 is 39.0. The highest BCUT2D eigenvalue weighted by molar-refractivity contribution is 7.89. The topological polar surface area (TPSA) is 75.3 Å². The van der Waals surface area contributed by atoms with Crippen LogP contribution in [0.3, 0.4) is 0 Å². The first-order chi connectivity index (χ1) is 11.3. The van der Waals surface area contributed by atoms with Gasteiger partial charge in [0, 0.05) is 12.1 Å². The minimum atomic E-state index is -3.54. The van der Waals surface area contributed by atoms with Gasteiger partial charge in [-0.25, -0.2) is 17.5 Å². The van der Waals surface area contributed by atoms with Gasteiger partial charge < -0.3 is 5.32 Å². The van der Waals surface area contributed by atoms with Crippen molar-refractivity contribution in [3.8, 4) is 0 Å². The Morgan fingerprint density at radius 1 is 1.08 bits per heavy atom. The van der Waals surface area contributed by atoms with Crippen LogP contribution in [0.25, 0.3) is 0 Å². The second-order valence-electron chi connectivity index (χ2n) is 5.27. The fraction of sp³-hybridized carbons (Fsp3) is 0.235. The molecule has 128 valence electrons. The maximum absolute atomic E-state index is 12.9. The maximum atomic E-state index is 12.9. The molecule has 0 aliphatic heterocycles. The Morgan fingerprint density at radius 2 is 1.67 bits per heavy atom. The lowest BCUT2D eigenvalue weighted by Gasteiger charge is -2.14. The Balaban J connectivity index is 2.09. The number of sulfonamides is 1. The zero-order chi connectivity index (χ0) is 17.7. The van der Waals surface area contributed by atoms with Gasteiger partial charge in [0.1, 0.15) is 5.82 Å². The van der Waals surface area contributed by atoms with Crippen LogP contribution in [0.2, 0.25) is 0 Å². The third kappa shape index (κ3) is 4.39. The molecule has 2 rings (SSSR count). The predicted octanol–water partition coefficient (Wildman–Crippen LogP) is 2.61. The Bertz CT molecular complexity index is 803. The molecule has 1 atom stereocenters. The van der Waals surface area contributed by atoms with Crippen LogP contribution in [0.4, 0.5) is 4.39 Å². The zero-order valence-electron chi connectivity index (χ0n) is 13.4. The summed E-state index contributed by atoms with van der Waals surface area (Å²) in [5.74, 6) is -0.672. The van der Waals surface area contributed by atoms with Crippen LogP contribution in [0.5, 0.6) is 0 Å². The number of halogens is 1. The van der Waals surface area contributed by atoms with E-state index in [4.69, 9.17) is 0 Å². The molecule has 0 bridgehead atoms. The summed E-state index contributed by atoms with van der Waals surface area (Å²) in [6.45, 7) is 3.77. The maximum Gasteiger partial charge on any atom is 0.251 e. The summed E-state index contributed by atoms with van der Waals surface area (Å²) >= 11 is 0. The molecule has 0 aromatic heterocycles. The van der Waals surface area contributed by atoms with Crippen molar-refractivity contribution in [2.75, 3.05) is 6.54 Å². The molecule has 2 aromatic rings. The highest BCUT2D eigenvalue weighted by Gasteiger charge is 2.15. The molecule has 0 spiro atoms. The van der Waals surface area contributed by atoms with Crippen molar-refractivity contribution in [3.63, 3.8) is 0 Å². The van der Waals surface area contributed by atoms with Crippen molar-refractivity contribution in [2.24, 2.45) is 0 Å². The first kappa shape index (κ1) is 18.1. The van der Waals surface area contributed by atoms with E-state index in [2.05, 4.69) is 10.0 Å². The molecule has 0 saturated carbocycles. The van der Waals surface area contributed by atoms with Gasteiger partial charge in [0.05, 0.1) is 10.9 Å². The number of benzene rings is 2. The monoisotopic (exact) mass is 350 g/mol. The standard InChI is InChI=1S/C17H19FN2O3S/c1-3-19-24(22,23)16-10-6-14(7-11-16)17(21)20-12(2)13-4-8-15(18)9-5-13/h4-12,19H,3H2,1-2H3,(H,20,21). The van der Waals surface area contributed by atoms with Gasteiger partial charge in [0.15, 0.2) is 0 Å². The van der Waals surface area contributed by atoms with Crippen LogP contribution >= 0.6 is 0 Å². The highest BCUT2D eigenvalue weighted by atomic mass is 32.2. The number of carbonyl (C=O) groups excluding carboxylic acids is 1. The lowest BCUT2D eigenvalue weighted by Crippen LogP contribution is -2.27. The molecule has 5 nitrogen and oxygen atoms in total. The molecule has 0 aliphatic carbocycles. The molecule has 0 heterocycles. The van der Waals surface area contributed by atoms with E-state index in [1.165, 1.54) is 36.4 Å². The second-order valence-corrected chi connectivity index (χ2v) is 7.04. The molecule has 1 amide bonds. The summed E-state index contributed by atoms with van der Waals surface area (Å²) in [5.41, 5.74) is 1.12. The summed E-state index contributed by atoms with van der Waals surface area (Å²) in [7, 11) is -3.54. The average Bonchev–Trinajstić information content (AvgIpc) is 2.55. The van der Waals surface area contributed by atoms with Gasteiger partial charge in [-0.1, -0.05) is 19.1 Å². The first-order valence-electron chi connectivity index (χ1n) is 7.49. The van der Waals surface area contributed by atoms with E-state index < -0.39 is 10.0 Å². The van der Waals surface area contributed by atoms with Crippen LogP contribution in [-0.4, -0.2) is 20.9 Å². The number of hydrogen-bond acceptors (Lipinski definition) is 3. The van der Waals surface area contributed by atoms with Gasteiger partial charge in [0.25, 0.3) is 5.91 Å². The van der Waals surface area contributed by atoms with Crippen LogP contribution in [0, 0.1) is 5.82 Å². The second kappa shape index (κ2) is 7.55. The highest BCUT2D eigenvalue weighted by Crippen LogP contribution is 2.15. The van der Waals surface area contributed by atoms with E-state index in [-0.39, 0.29) is 22.7 Å². The molecular formula is C17H19FN2O3S. The fourth-order valence-electron chi connectivity index (χ4n) is 2.17. The Morgan fingerprint density at radius 3 is 2.21 bits per heavy atom. The summed E-state index contributed by atoms with van der Waals surface area (Å²) in [5, 5.41) is 2.79. The predicted molar refractivity (Wildman–Crippen MR) is 89.6 cm³/mol. The van der Waals surface area contributed by atoms with Crippen LogP contribution < -0.4 is 10.0 Å². The quantitative estimate of drug-likeness (QED) is 0.841. The molecule has 7 heteroatoms. The minimum Gasteiger partial charge on any atom is -0.346 e. The van der Waals surface area contributed by atoms with E-state index in [9.17, 15) is 17.6 Å². The number of carbonyl (C=O) groups is 1. The number of amides is 1. The molecule has 24 heavy (non-hydrogen) atoms. The minimum absolute atomic E-state index is 0.104. The third-order valence-electron chi connectivity index (χ3n) is 3.48. The molecular weight excluding hydrogens is 331 g/mol. The normalized spacial score (nSPS) is 12.6. The van der Waals surface area contributed by atoms with Crippen LogP contribution in [0.15, 0.2) is 53.4 Å². The van der Waals surface area contributed by atoms with E-state index in [0.717, 1.165) is 5.56 Å². The van der Waals surface area contributed by atoms with E-state index in [0.29, 0.717) is 12.1 Å². The van der Waals surface area contributed by atoms with E-state index in [1.807, 2.05) is 0 Å². The van der Waals surface area contributed by atoms with Gasteiger partial charge in [-0.3, -0.25) is 4.79 Å². The molecule has 2 N–H and O–H groups in total. The smallest absolute Gasteiger partial charge is 0.251 e. The molecule has 0 aliphatic rings. The SMILES string of the molecule is CCNS(=O)(=O)c1ccc(C(=O)NC(C)c2ccc(F)cc2)cc1. The van der Waals surface area contributed by atoms with Gasteiger partial charge in [-0.05, 0) is 48.9 Å². The number of hydrogen-bond donors (Lipinski definition) is 2. The lowest BCUT2D eigenvalue weighted by molar-refractivity contribution is 0.0940. The van der Waals surface area contributed by atoms with Crippen molar-refractivity contribution in [2.45, 2.75) is 24.8 Å². The lowest BCUT2D eigenvalue weighted by atomic mass is 10.1. The summed E-state index contributed by atoms with van der Waals surface area (Å²) in [6.07, 6.45) is 0. The average molecular weight is 350 g/mol. The molecule has 0 radical (unpaired) electrons. The van der Waals surface area contributed by atoms with Crippen LogP contribution in [-0.2, 0) is 10.0 Å². The molecule has 1 unspecified atom stereocenters. The van der Waals surface area contributed by atoms with Gasteiger partial charge in [-0.2, -0.15) is 0 Å². The largest absolute Gasteiger partial charge is 0.346 e. The number of rotatable bonds is 6. The van der Waals surface area contributed by atoms with Crippen molar-refractivity contribution in [3.05, 3.63) is 65.5 Å². The molecule has 0 saturated heterocycles. The molecule has 2 aromatic carbocycles. The molecule has 0 fully saturated rings. The van der Waals surface area contributed by atoms with Gasteiger partial charge in [0.2, 0.25) is 10.0 Å². The van der Waals surface area contributed by atoms with E-state index >= 15 is 0 Å². The van der Waals surface area contributed by atoms with Crippen molar-refractivity contribution in [1.82, 2.24) is 10.0 Å². The van der Waals surface area contributed by atoms with Crippen molar-refractivity contribution < 1.29 is 17.6 Å². The Hall–Kier alpha value is -2.25. The number of nitrogens with one attached hydrogen (secondary N) is 2. The first-order valence-corrected chi connectivity index (χ1v) is 8.98. The van der Waals surface area contributed by atoms with Crippen molar-refractivity contribution >= 4 is 15.9 Å². The van der Waals surface area contributed by atoms with Gasteiger partial charge in [-0.15, -0.1) is 0 Å². The van der Waals surface area contributed by atoms with Crippen molar-refractivity contribution in [1.29, 1.82) is 0 Å². The van der Waals surface area contributed by atoms with Crippen LogP contribution in [0.1, 0.15) is 35.8 Å². The van der Waals surface area contributed by atoms with E-state index in [1.54, 1.807) is 26.0 Å². The Labute approximate surface area is 141 Å². The summed E-state index contributed by atoms with van der Waals surface area (Å²) in [4.78, 5) is 12.3. The van der Waals surface area contributed by atoms with Gasteiger partial charge >= 0.3 is 0 Å². The summed E-state index contributed by atoms with van der Waals surface area (Å²) in [6, 6.07) is 11.2. The fourth-order valence-corrected chi connectivity index (χ4v) is 3.21. The zero-order valence-corrected chi connectivity index (χ0v) is 14.2.